The second kappa shape index (κ2) is 6.64. The molecular formula is C19H12Cl2N2OS. The first-order valence-corrected chi connectivity index (χ1v) is 9.18. The predicted octanol–water partition coefficient (Wildman–Crippen LogP) is 5.48. The van der Waals surface area contributed by atoms with Gasteiger partial charge in [0.1, 0.15) is 5.01 Å². The number of aromatic nitrogens is 2. The molecular weight excluding hydrogens is 375 g/mol. The van der Waals surface area contributed by atoms with E-state index in [1.807, 2.05) is 36.4 Å². The topological polar surface area (TPSA) is 34.9 Å². The lowest BCUT2D eigenvalue weighted by Crippen LogP contribution is -2.21. The van der Waals surface area contributed by atoms with Crippen molar-refractivity contribution in [1.29, 1.82) is 0 Å². The van der Waals surface area contributed by atoms with E-state index in [2.05, 4.69) is 4.98 Å². The number of nitrogens with zero attached hydrogens (tertiary/aromatic N) is 2. The van der Waals surface area contributed by atoms with Crippen LogP contribution in [-0.4, -0.2) is 9.55 Å². The highest BCUT2D eigenvalue weighted by Gasteiger charge is 2.12. The number of para-hydroxylation sites is 1. The van der Waals surface area contributed by atoms with Crippen molar-refractivity contribution in [2.45, 2.75) is 6.54 Å². The molecule has 2 aromatic carbocycles. The SMILES string of the molecule is O=c1c(-c2nc3ccccc3s2)cccn1Cc1ccc(Cl)cc1Cl. The summed E-state index contributed by atoms with van der Waals surface area (Å²) >= 11 is 13.7. The van der Waals surface area contributed by atoms with Crippen molar-refractivity contribution in [3.8, 4) is 10.6 Å². The molecule has 0 spiro atoms. The van der Waals surface area contributed by atoms with Crippen LogP contribution in [-0.2, 0) is 6.54 Å². The fraction of sp³-hybridized carbons (Fsp3) is 0.0526. The fourth-order valence-electron chi connectivity index (χ4n) is 2.64. The Balaban J connectivity index is 1.76. The summed E-state index contributed by atoms with van der Waals surface area (Å²) in [6.07, 6.45) is 1.75. The van der Waals surface area contributed by atoms with Crippen molar-refractivity contribution in [1.82, 2.24) is 9.55 Å². The van der Waals surface area contributed by atoms with Gasteiger partial charge in [0.2, 0.25) is 0 Å². The van der Waals surface area contributed by atoms with Crippen LogP contribution < -0.4 is 5.56 Å². The van der Waals surface area contributed by atoms with E-state index < -0.39 is 0 Å². The van der Waals surface area contributed by atoms with E-state index in [9.17, 15) is 4.79 Å². The highest BCUT2D eigenvalue weighted by molar-refractivity contribution is 7.21. The molecule has 0 atom stereocenters. The van der Waals surface area contributed by atoms with Gasteiger partial charge in [0.25, 0.3) is 5.56 Å². The number of hydrogen-bond donors (Lipinski definition) is 0. The third kappa shape index (κ3) is 3.21. The zero-order chi connectivity index (χ0) is 17.4. The number of pyridine rings is 1. The van der Waals surface area contributed by atoms with Gasteiger partial charge in [-0.1, -0.05) is 41.4 Å². The molecule has 0 radical (unpaired) electrons. The molecule has 2 heterocycles. The van der Waals surface area contributed by atoms with Crippen molar-refractivity contribution >= 4 is 44.8 Å². The van der Waals surface area contributed by atoms with Gasteiger partial charge in [0, 0.05) is 16.2 Å². The highest BCUT2D eigenvalue weighted by Crippen LogP contribution is 2.28. The number of thiazole rings is 1. The second-order valence-corrected chi connectivity index (χ2v) is 7.45. The van der Waals surface area contributed by atoms with Crippen molar-refractivity contribution < 1.29 is 0 Å². The average molecular weight is 387 g/mol. The van der Waals surface area contributed by atoms with Crippen LogP contribution in [0.15, 0.2) is 65.6 Å². The normalized spacial score (nSPS) is 11.1. The average Bonchev–Trinajstić information content (AvgIpc) is 3.02. The van der Waals surface area contributed by atoms with Crippen LogP contribution in [0.2, 0.25) is 10.0 Å². The van der Waals surface area contributed by atoms with Crippen LogP contribution in [0.3, 0.4) is 0 Å². The maximum Gasteiger partial charge on any atom is 0.261 e. The third-order valence-corrected chi connectivity index (χ3v) is 5.56. The van der Waals surface area contributed by atoms with Crippen molar-refractivity contribution in [2.24, 2.45) is 0 Å². The molecule has 3 nitrogen and oxygen atoms in total. The van der Waals surface area contributed by atoms with Gasteiger partial charge in [-0.2, -0.15) is 0 Å². The van der Waals surface area contributed by atoms with Gasteiger partial charge in [-0.3, -0.25) is 4.79 Å². The molecule has 25 heavy (non-hydrogen) atoms. The number of benzene rings is 2. The van der Waals surface area contributed by atoms with Crippen LogP contribution in [0.25, 0.3) is 20.8 Å². The summed E-state index contributed by atoms with van der Waals surface area (Å²) in [5, 5.41) is 1.84. The smallest absolute Gasteiger partial charge is 0.261 e. The minimum atomic E-state index is -0.0902. The minimum Gasteiger partial charge on any atom is -0.310 e. The summed E-state index contributed by atoms with van der Waals surface area (Å²) in [4.78, 5) is 17.5. The Bertz CT molecular complexity index is 1100. The van der Waals surface area contributed by atoms with E-state index in [1.165, 1.54) is 11.3 Å². The molecule has 4 aromatic rings. The third-order valence-electron chi connectivity index (χ3n) is 3.90. The lowest BCUT2D eigenvalue weighted by Gasteiger charge is -2.09. The first kappa shape index (κ1) is 16.3. The lowest BCUT2D eigenvalue weighted by atomic mass is 10.2. The fourth-order valence-corrected chi connectivity index (χ4v) is 4.10. The van der Waals surface area contributed by atoms with Gasteiger partial charge < -0.3 is 4.57 Å². The number of hydrogen-bond acceptors (Lipinski definition) is 3. The van der Waals surface area contributed by atoms with Crippen molar-refractivity contribution in [2.75, 3.05) is 0 Å². The standard InChI is InChI=1S/C19H12Cl2N2OS/c20-13-8-7-12(15(21)10-13)11-23-9-3-4-14(19(23)24)18-22-16-5-1-2-6-17(16)25-18/h1-10H,11H2. The molecule has 2 aromatic heterocycles. The number of rotatable bonds is 3. The van der Waals surface area contributed by atoms with Crippen molar-refractivity contribution in [3.05, 3.63) is 86.8 Å². The summed E-state index contributed by atoms with van der Waals surface area (Å²) in [5.74, 6) is 0. The number of fused-ring (bicyclic) bond motifs is 1. The molecule has 0 bridgehead atoms. The van der Waals surface area contributed by atoms with E-state index in [-0.39, 0.29) is 5.56 Å². The zero-order valence-corrected chi connectivity index (χ0v) is 15.3. The molecule has 0 N–H and O–H groups in total. The number of halogens is 2. The Morgan fingerprint density at radius 3 is 2.68 bits per heavy atom. The largest absolute Gasteiger partial charge is 0.310 e. The summed E-state index contributed by atoms with van der Waals surface area (Å²) in [5.41, 5.74) is 2.24. The van der Waals surface area contributed by atoms with Crippen LogP contribution in [0, 0.1) is 0 Å². The molecule has 0 saturated heterocycles. The van der Waals surface area contributed by atoms with Gasteiger partial charge in [-0.05, 0) is 42.0 Å². The van der Waals surface area contributed by atoms with Gasteiger partial charge in [-0.25, -0.2) is 4.98 Å². The molecule has 124 valence electrons. The molecule has 0 aliphatic heterocycles. The molecule has 0 amide bonds. The second-order valence-electron chi connectivity index (χ2n) is 5.58. The molecule has 0 fully saturated rings. The monoisotopic (exact) mass is 386 g/mol. The first-order valence-electron chi connectivity index (χ1n) is 7.61. The van der Waals surface area contributed by atoms with Crippen LogP contribution in [0.1, 0.15) is 5.56 Å². The summed E-state index contributed by atoms with van der Waals surface area (Å²) in [6.45, 7) is 0.383. The van der Waals surface area contributed by atoms with Gasteiger partial charge >= 0.3 is 0 Å². The van der Waals surface area contributed by atoms with E-state index >= 15 is 0 Å². The molecule has 0 aliphatic carbocycles. The first-order chi connectivity index (χ1) is 12.1. The van der Waals surface area contributed by atoms with Gasteiger partial charge in [0.15, 0.2) is 0 Å². The Hall–Kier alpha value is -2.14. The van der Waals surface area contributed by atoms with Gasteiger partial charge in [0.05, 0.1) is 22.3 Å². The van der Waals surface area contributed by atoms with Gasteiger partial charge in [-0.15, -0.1) is 11.3 Å². The van der Waals surface area contributed by atoms with E-state index in [1.54, 1.807) is 29.0 Å². The summed E-state index contributed by atoms with van der Waals surface area (Å²) in [7, 11) is 0. The maximum absolute atomic E-state index is 12.9. The molecule has 0 saturated carbocycles. The minimum absolute atomic E-state index is 0.0902. The Labute approximate surface area is 158 Å². The predicted molar refractivity (Wildman–Crippen MR) is 105 cm³/mol. The highest BCUT2D eigenvalue weighted by atomic mass is 35.5. The summed E-state index contributed by atoms with van der Waals surface area (Å²) < 4.78 is 2.70. The van der Waals surface area contributed by atoms with Crippen LogP contribution >= 0.6 is 34.5 Å². The zero-order valence-electron chi connectivity index (χ0n) is 12.9. The molecule has 6 heteroatoms. The molecule has 4 rings (SSSR count). The summed E-state index contributed by atoms with van der Waals surface area (Å²) in [6, 6.07) is 16.8. The maximum atomic E-state index is 12.9. The lowest BCUT2D eigenvalue weighted by molar-refractivity contribution is 0.761. The van der Waals surface area contributed by atoms with Crippen molar-refractivity contribution in [3.63, 3.8) is 0 Å². The Morgan fingerprint density at radius 2 is 1.88 bits per heavy atom. The van der Waals surface area contributed by atoms with E-state index in [0.29, 0.717) is 22.2 Å². The van der Waals surface area contributed by atoms with E-state index in [0.717, 1.165) is 20.8 Å². The quantitative estimate of drug-likeness (QED) is 0.467. The van der Waals surface area contributed by atoms with E-state index in [4.69, 9.17) is 23.2 Å². The van der Waals surface area contributed by atoms with Crippen LogP contribution in [0.4, 0.5) is 0 Å². The Morgan fingerprint density at radius 1 is 1.04 bits per heavy atom. The molecule has 0 aliphatic rings. The molecule has 0 unspecified atom stereocenters. The Kier molecular flexibility index (Phi) is 4.34. The van der Waals surface area contributed by atoms with Crippen LogP contribution in [0.5, 0.6) is 0 Å².